The molecule has 4 aromatic rings. The predicted molar refractivity (Wildman–Crippen MR) is 105 cm³/mol. The summed E-state index contributed by atoms with van der Waals surface area (Å²) in [4.78, 5) is 21.3. The number of pyridine rings is 1. The van der Waals surface area contributed by atoms with Crippen LogP contribution in [0.15, 0.2) is 60.2 Å². The molecule has 0 atom stereocenters. The first-order chi connectivity index (χ1) is 13.2. The molecule has 27 heavy (non-hydrogen) atoms. The molecule has 1 amide bonds. The molecule has 0 saturated carbocycles. The van der Waals surface area contributed by atoms with Gasteiger partial charge in [0.1, 0.15) is 22.1 Å². The van der Waals surface area contributed by atoms with E-state index in [9.17, 15) is 4.79 Å². The van der Waals surface area contributed by atoms with E-state index >= 15 is 0 Å². The quantitative estimate of drug-likeness (QED) is 0.558. The number of fused-ring (bicyclic) bond motifs is 1. The van der Waals surface area contributed by atoms with E-state index in [0.29, 0.717) is 18.7 Å². The zero-order chi connectivity index (χ0) is 18.6. The summed E-state index contributed by atoms with van der Waals surface area (Å²) in [6.07, 6.45) is 4.61. The Bertz CT molecular complexity index is 1040. The van der Waals surface area contributed by atoms with Crippen molar-refractivity contribution < 1.29 is 9.53 Å². The van der Waals surface area contributed by atoms with E-state index in [4.69, 9.17) is 4.74 Å². The number of imidazole rings is 1. The van der Waals surface area contributed by atoms with E-state index in [1.54, 1.807) is 12.5 Å². The summed E-state index contributed by atoms with van der Waals surface area (Å²) in [5.74, 6) is 0.620. The van der Waals surface area contributed by atoms with Gasteiger partial charge >= 0.3 is 0 Å². The third-order valence-corrected chi connectivity index (χ3v) is 5.05. The number of nitrogens with zero attached hydrogens (tertiary/aromatic N) is 3. The molecule has 7 heteroatoms. The number of hydrogen-bond acceptors (Lipinski definition) is 5. The van der Waals surface area contributed by atoms with Crippen LogP contribution in [0, 0.1) is 0 Å². The Labute approximate surface area is 160 Å². The first kappa shape index (κ1) is 17.2. The number of ether oxygens (including phenoxy) is 1. The van der Waals surface area contributed by atoms with Crippen LogP contribution in [-0.4, -0.2) is 33.9 Å². The number of thiazole rings is 1. The van der Waals surface area contributed by atoms with E-state index in [-0.39, 0.29) is 5.91 Å². The second-order valence-electron chi connectivity index (χ2n) is 5.97. The summed E-state index contributed by atoms with van der Waals surface area (Å²) >= 11 is 1.45. The number of aromatic nitrogens is 3. The molecule has 136 valence electrons. The average Bonchev–Trinajstić information content (AvgIpc) is 3.35. The highest BCUT2D eigenvalue weighted by atomic mass is 32.1. The van der Waals surface area contributed by atoms with Crippen LogP contribution in [0.25, 0.3) is 16.2 Å². The van der Waals surface area contributed by atoms with Crippen LogP contribution in [0.3, 0.4) is 0 Å². The SMILES string of the molecule is COc1ccc(-c2nc(C(=O)NCCc3cn4ccccc4n3)cs2)cc1. The van der Waals surface area contributed by atoms with E-state index in [2.05, 4.69) is 15.3 Å². The van der Waals surface area contributed by atoms with Crippen molar-refractivity contribution in [2.45, 2.75) is 6.42 Å². The van der Waals surface area contributed by atoms with E-state index in [1.165, 1.54) is 11.3 Å². The van der Waals surface area contributed by atoms with Crippen molar-refractivity contribution in [3.8, 4) is 16.3 Å². The number of hydrogen-bond donors (Lipinski definition) is 1. The van der Waals surface area contributed by atoms with Gasteiger partial charge in [-0.3, -0.25) is 4.79 Å². The number of benzene rings is 1. The molecule has 0 radical (unpaired) electrons. The van der Waals surface area contributed by atoms with Crippen LogP contribution < -0.4 is 10.1 Å². The van der Waals surface area contributed by atoms with E-state index < -0.39 is 0 Å². The van der Waals surface area contributed by atoms with Crippen LogP contribution >= 0.6 is 11.3 Å². The molecule has 3 heterocycles. The normalized spacial score (nSPS) is 10.9. The third-order valence-electron chi connectivity index (χ3n) is 4.15. The van der Waals surface area contributed by atoms with Gasteiger partial charge in [0.25, 0.3) is 5.91 Å². The summed E-state index contributed by atoms with van der Waals surface area (Å²) in [5.41, 5.74) is 3.24. The molecule has 0 bridgehead atoms. The molecule has 1 aromatic carbocycles. The Balaban J connectivity index is 1.36. The summed E-state index contributed by atoms with van der Waals surface area (Å²) in [6.45, 7) is 0.512. The molecule has 3 aromatic heterocycles. The maximum Gasteiger partial charge on any atom is 0.270 e. The van der Waals surface area contributed by atoms with Crippen molar-refractivity contribution in [2.24, 2.45) is 0 Å². The molecule has 4 rings (SSSR count). The third kappa shape index (κ3) is 3.83. The van der Waals surface area contributed by atoms with E-state index in [0.717, 1.165) is 27.7 Å². The summed E-state index contributed by atoms with van der Waals surface area (Å²) < 4.78 is 7.13. The molecule has 0 aliphatic heterocycles. The smallest absolute Gasteiger partial charge is 0.270 e. The summed E-state index contributed by atoms with van der Waals surface area (Å²) in [7, 11) is 1.63. The molecular formula is C20H18N4O2S. The lowest BCUT2D eigenvalue weighted by molar-refractivity contribution is 0.0950. The first-order valence-electron chi connectivity index (χ1n) is 8.54. The van der Waals surface area contributed by atoms with Crippen LogP contribution in [0.4, 0.5) is 0 Å². The minimum Gasteiger partial charge on any atom is -0.497 e. The fourth-order valence-electron chi connectivity index (χ4n) is 2.75. The number of carbonyl (C=O) groups is 1. The lowest BCUT2D eigenvalue weighted by Crippen LogP contribution is -2.26. The van der Waals surface area contributed by atoms with Gasteiger partial charge in [0.2, 0.25) is 0 Å². The average molecular weight is 378 g/mol. The minimum absolute atomic E-state index is 0.172. The lowest BCUT2D eigenvalue weighted by Gasteiger charge is -2.01. The Kier molecular flexibility index (Phi) is 4.84. The van der Waals surface area contributed by atoms with Gasteiger partial charge in [0.15, 0.2) is 0 Å². The monoisotopic (exact) mass is 378 g/mol. The van der Waals surface area contributed by atoms with Crippen LogP contribution in [-0.2, 0) is 6.42 Å². The van der Waals surface area contributed by atoms with Gasteiger partial charge in [-0.1, -0.05) is 6.07 Å². The second kappa shape index (κ2) is 7.59. The molecule has 1 N–H and O–H groups in total. The maximum atomic E-state index is 12.3. The van der Waals surface area contributed by atoms with Crippen molar-refractivity contribution in [3.63, 3.8) is 0 Å². The Morgan fingerprint density at radius 2 is 2.04 bits per heavy atom. The van der Waals surface area contributed by atoms with Crippen molar-refractivity contribution in [1.29, 1.82) is 0 Å². The van der Waals surface area contributed by atoms with Crippen molar-refractivity contribution in [3.05, 3.63) is 71.6 Å². The zero-order valence-electron chi connectivity index (χ0n) is 14.8. The molecular weight excluding hydrogens is 360 g/mol. The van der Waals surface area contributed by atoms with Gasteiger partial charge in [-0.2, -0.15) is 0 Å². The molecule has 0 aliphatic rings. The van der Waals surface area contributed by atoms with Crippen LogP contribution in [0.1, 0.15) is 16.2 Å². The Morgan fingerprint density at radius 1 is 1.19 bits per heavy atom. The highest BCUT2D eigenvalue weighted by Gasteiger charge is 2.12. The number of amides is 1. The van der Waals surface area contributed by atoms with Gasteiger partial charge in [-0.05, 0) is 36.4 Å². The van der Waals surface area contributed by atoms with E-state index in [1.807, 2.05) is 59.3 Å². The standard InChI is InChI=1S/C20H18N4O2S/c1-26-16-7-5-14(6-8-16)20-23-17(13-27-20)19(25)21-10-9-15-12-24-11-3-2-4-18(24)22-15/h2-8,11-13H,9-10H2,1H3,(H,21,25). The van der Waals surface area contributed by atoms with Crippen molar-refractivity contribution in [1.82, 2.24) is 19.7 Å². The molecule has 0 aliphatic carbocycles. The van der Waals surface area contributed by atoms with Crippen molar-refractivity contribution in [2.75, 3.05) is 13.7 Å². The number of rotatable bonds is 6. The summed E-state index contributed by atoms with van der Waals surface area (Å²) in [6, 6.07) is 13.5. The topological polar surface area (TPSA) is 68.5 Å². The number of methoxy groups -OCH3 is 1. The zero-order valence-corrected chi connectivity index (χ0v) is 15.6. The molecule has 0 fully saturated rings. The highest BCUT2D eigenvalue weighted by molar-refractivity contribution is 7.13. The second-order valence-corrected chi connectivity index (χ2v) is 6.83. The predicted octanol–water partition coefficient (Wildman–Crippen LogP) is 3.44. The molecule has 0 saturated heterocycles. The Hall–Kier alpha value is -3.19. The molecule has 6 nitrogen and oxygen atoms in total. The van der Waals surface area contributed by atoms with Gasteiger partial charge in [-0.25, -0.2) is 9.97 Å². The minimum atomic E-state index is -0.172. The number of nitrogens with one attached hydrogen (secondary N) is 1. The van der Waals surface area contributed by atoms with Gasteiger partial charge in [0.05, 0.1) is 12.8 Å². The van der Waals surface area contributed by atoms with Gasteiger partial charge in [-0.15, -0.1) is 11.3 Å². The molecule has 0 spiro atoms. The summed E-state index contributed by atoms with van der Waals surface area (Å²) in [5, 5.41) is 5.50. The Morgan fingerprint density at radius 3 is 2.81 bits per heavy atom. The number of carbonyl (C=O) groups excluding carboxylic acids is 1. The van der Waals surface area contributed by atoms with Crippen molar-refractivity contribution >= 4 is 22.9 Å². The maximum absolute atomic E-state index is 12.3. The fourth-order valence-corrected chi connectivity index (χ4v) is 3.55. The first-order valence-corrected chi connectivity index (χ1v) is 9.41. The van der Waals surface area contributed by atoms with Crippen LogP contribution in [0.5, 0.6) is 5.75 Å². The van der Waals surface area contributed by atoms with Gasteiger partial charge < -0.3 is 14.5 Å². The van der Waals surface area contributed by atoms with Crippen LogP contribution in [0.2, 0.25) is 0 Å². The largest absolute Gasteiger partial charge is 0.497 e. The highest BCUT2D eigenvalue weighted by Crippen LogP contribution is 2.25. The molecule has 0 unspecified atom stereocenters. The lowest BCUT2D eigenvalue weighted by atomic mass is 10.2. The fraction of sp³-hybridized carbons (Fsp3) is 0.150. The van der Waals surface area contributed by atoms with Gasteiger partial charge in [0, 0.05) is 36.3 Å².